The number of nitriles is 2. The van der Waals surface area contributed by atoms with Crippen molar-refractivity contribution < 1.29 is 31.6 Å². The number of fused-ring (bicyclic) bond motifs is 1. The lowest BCUT2D eigenvalue weighted by Gasteiger charge is -2.18. The van der Waals surface area contributed by atoms with Crippen LogP contribution in [0.15, 0.2) is 39.6 Å². The Kier molecular flexibility index (Phi) is 4.99. The van der Waals surface area contributed by atoms with Gasteiger partial charge < -0.3 is 9.84 Å². The molecule has 1 aliphatic rings. The van der Waals surface area contributed by atoms with E-state index in [1.54, 1.807) is 6.07 Å². The van der Waals surface area contributed by atoms with Gasteiger partial charge in [-0.15, -0.1) is 4.36 Å². The summed E-state index contributed by atoms with van der Waals surface area (Å²) in [6.07, 6.45) is -3.14. The molecule has 1 aliphatic carbocycles. The maximum Gasteiger partial charge on any atom is 0.310 e. The van der Waals surface area contributed by atoms with Gasteiger partial charge in [0.2, 0.25) is 6.19 Å². The van der Waals surface area contributed by atoms with E-state index in [9.17, 15) is 26.9 Å². The second-order valence-electron chi connectivity index (χ2n) is 6.20. The molecule has 0 radical (unpaired) electrons. The summed E-state index contributed by atoms with van der Waals surface area (Å²) in [6.45, 7) is 0. The zero-order valence-electron chi connectivity index (χ0n) is 14.6. The Labute approximate surface area is 162 Å². The fourth-order valence-electron chi connectivity index (χ4n) is 3.06. The third-order valence-corrected chi connectivity index (χ3v) is 5.87. The Morgan fingerprint density at radius 1 is 1.28 bits per heavy atom. The van der Waals surface area contributed by atoms with Gasteiger partial charge in [0.05, 0.1) is 31.8 Å². The molecule has 29 heavy (non-hydrogen) atoms. The van der Waals surface area contributed by atoms with E-state index >= 15 is 0 Å². The fraction of sp³-hybridized carbons (Fsp3) is 0.222. The van der Waals surface area contributed by atoms with Crippen LogP contribution in [0.3, 0.4) is 0 Å². The Bertz CT molecular complexity index is 1210. The lowest BCUT2D eigenvalue weighted by atomic mass is 10.1. The smallest absolute Gasteiger partial charge is 0.310 e. The van der Waals surface area contributed by atoms with Gasteiger partial charge in [-0.25, -0.2) is 13.0 Å². The van der Waals surface area contributed by atoms with Crippen molar-refractivity contribution in [3.63, 3.8) is 0 Å². The van der Waals surface area contributed by atoms with Gasteiger partial charge in [0, 0.05) is 17.9 Å². The number of aliphatic hydroxyl groups excluding tert-OH is 1. The predicted octanol–water partition coefficient (Wildman–Crippen LogP) is 3.90. The molecule has 2 aromatic rings. The molecular weight excluding hydrogens is 414 g/mol. The van der Waals surface area contributed by atoms with Gasteiger partial charge in [-0.05, 0) is 24.3 Å². The number of alkyl halides is 3. The number of aliphatic hydroxyl groups is 1. The highest BCUT2D eigenvalue weighted by Gasteiger charge is 2.58. The summed E-state index contributed by atoms with van der Waals surface area (Å²) in [5.41, 5.74) is -1.93. The molecule has 11 heteroatoms. The van der Waals surface area contributed by atoms with Crippen molar-refractivity contribution in [2.45, 2.75) is 23.1 Å². The Hall–Kier alpha value is -3.15. The molecule has 0 aromatic heterocycles. The topological polar surface area (TPSA) is 106 Å². The van der Waals surface area contributed by atoms with Gasteiger partial charge in [-0.2, -0.15) is 19.3 Å². The van der Waals surface area contributed by atoms with Gasteiger partial charge in [-0.3, -0.25) is 0 Å². The van der Waals surface area contributed by atoms with Gasteiger partial charge in [0.15, 0.2) is 6.17 Å². The van der Waals surface area contributed by atoms with Gasteiger partial charge in [0.1, 0.15) is 23.4 Å². The van der Waals surface area contributed by atoms with Crippen molar-refractivity contribution in [1.82, 2.24) is 0 Å². The highest BCUT2D eigenvalue weighted by atomic mass is 32.2. The summed E-state index contributed by atoms with van der Waals surface area (Å²) in [5.74, 6) is -6.04. The van der Waals surface area contributed by atoms with Crippen molar-refractivity contribution in [3.8, 4) is 23.8 Å². The predicted molar refractivity (Wildman–Crippen MR) is 91.8 cm³/mol. The lowest BCUT2D eigenvalue weighted by Crippen LogP contribution is -2.24. The summed E-state index contributed by atoms with van der Waals surface area (Å²) in [7, 11) is -3.55. The molecule has 2 unspecified atom stereocenters. The van der Waals surface area contributed by atoms with Crippen LogP contribution in [0.4, 0.5) is 17.6 Å². The molecule has 0 heterocycles. The summed E-state index contributed by atoms with van der Waals surface area (Å²) >= 11 is 0. The zero-order chi connectivity index (χ0) is 21.6. The molecule has 3 rings (SSSR count). The number of rotatable bonds is 3. The number of halogens is 4. The minimum Gasteiger partial charge on any atom is -0.457 e. The molecule has 6 nitrogen and oxygen atoms in total. The molecule has 0 fully saturated rings. The van der Waals surface area contributed by atoms with E-state index < -0.39 is 55.5 Å². The van der Waals surface area contributed by atoms with Crippen LogP contribution in [0.5, 0.6) is 11.5 Å². The second kappa shape index (κ2) is 7.03. The first-order chi connectivity index (χ1) is 13.5. The van der Waals surface area contributed by atoms with Crippen molar-refractivity contribution in [3.05, 3.63) is 52.8 Å². The van der Waals surface area contributed by atoms with E-state index in [1.807, 2.05) is 0 Å². The molecule has 1 N–H and O–H groups in total. The summed E-state index contributed by atoms with van der Waals surface area (Å²) in [4.78, 5) is -0.439. The van der Waals surface area contributed by atoms with Gasteiger partial charge in [0.25, 0.3) is 0 Å². The van der Waals surface area contributed by atoms with Crippen LogP contribution in [0.2, 0.25) is 0 Å². The summed E-state index contributed by atoms with van der Waals surface area (Å²) < 4.78 is 78.1. The van der Waals surface area contributed by atoms with Crippen LogP contribution in [0, 0.1) is 28.6 Å². The lowest BCUT2D eigenvalue weighted by molar-refractivity contribution is -0.104. The quantitative estimate of drug-likeness (QED) is 0.593. The summed E-state index contributed by atoms with van der Waals surface area (Å²) in [6, 6.07) is 6.41. The zero-order valence-corrected chi connectivity index (χ0v) is 15.4. The van der Waals surface area contributed by atoms with E-state index in [4.69, 9.17) is 15.3 Å². The van der Waals surface area contributed by atoms with E-state index in [2.05, 4.69) is 4.36 Å². The van der Waals surface area contributed by atoms with Crippen molar-refractivity contribution in [2.75, 3.05) is 6.26 Å². The third-order valence-electron chi connectivity index (χ3n) is 4.27. The molecule has 3 atom stereocenters. The van der Waals surface area contributed by atoms with Crippen LogP contribution in [-0.4, -0.2) is 21.7 Å². The standard InChI is InChI=1S/C18H11F4N3O3S/c1-29(27,25-8-24)13-3-2-12(15-14(13)16(26)17(20)18(15,21)22)28-11-5-9(7-23)4-10(19)6-11/h2-6,16-17,26H,1H3/t16-,17?,29?/m0/s1. The first kappa shape index (κ1) is 20.6. The van der Waals surface area contributed by atoms with Crippen molar-refractivity contribution in [2.24, 2.45) is 4.36 Å². The Morgan fingerprint density at radius 3 is 2.59 bits per heavy atom. The van der Waals surface area contributed by atoms with Crippen LogP contribution < -0.4 is 4.74 Å². The highest BCUT2D eigenvalue weighted by Crippen LogP contribution is 2.55. The van der Waals surface area contributed by atoms with Gasteiger partial charge >= 0.3 is 5.92 Å². The van der Waals surface area contributed by atoms with E-state index in [0.717, 1.165) is 36.6 Å². The molecule has 150 valence electrons. The number of ether oxygens (including phenoxy) is 1. The minimum absolute atomic E-state index is 0.146. The van der Waals surface area contributed by atoms with E-state index in [1.165, 1.54) is 6.19 Å². The number of hydrogen-bond donors (Lipinski definition) is 1. The Balaban J connectivity index is 2.27. The molecule has 0 aliphatic heterocycles. The number of nitrogens with zero attached hydrogens (tertiary/aromatic N) is 3. The monoisotopic (exact) mass is 425 g/mol. The fourth-order valence-corrected chi connectivity index (χ4v) is 4.26. The minimum atomic E-state index is -4.23. The van der Waals surface area contributed by atoms with Gasteiger partial charge in [-0.1, -0.05) is 0 Å². The Morgan fingerprint density at radius 2 is 1.97 bits per heavy atom. The SMILES string of the molecule is CS(=O)(=NC#N)c1ccc(Oc2cc(F)cc(C#N)c2)c2c1[C@H](O)C(F)C2(F)F. The molecule has 0 bridgehead atoms. The van der Waals surface area contributed by atoms with E-state index in [-0.39, 0.29) is 11.3 Å². The number of benzene rings is 2. The molecule has 0 amide bonds. The van der Waals surface area contributed by atoms with Crippen LogP contribution in [0.1, 0.15) is 22.8 Å². The maximum atomic E-state index is 14.6. The number of hydrogen-bond acceptors (Lipinski definition) is 6. The molecule has 0 saturated heterocycles. The maximum absolute atomic E-state index is 14.6. The average molecular weight is 425 g/mol. The molecule has 0 spiro atoms. The van der Waals surface area contributed by atoms with Crippen LogP contribution >= 0.6 is 0 Å². The second-order valence-corrected chi connectivity index (χ2v) is 8.43. The van der Waals surface area contributed by atoms with Crippen LogP contribution in [-0.2, 0) is 15.7 Å². The van der Waals surface area contributed by atoms with E-state index in [0.29, 0.717) is 0 Å². The average Bonchev–Trinajstić information content (AvgIpc) is 2.82. The summed E-state index contributed by atoms with van der Waals surface area (Å²) in [5, 5.41) is 27.6. The molecular formula is C18H11F4N3O3S. The highest BCUT2D eigenvalue weighted by molar-refractivity contribution is 7.93. The molecule has 0 saturated carbocycles. The first-order valence-electron chi connectivity index (χ1n) is 7.89. The van der Waals surface area contributed by atoms with Crippen LogP contribution in [0.25, 0.3) is 0 Å². The normalized spacial score (nSPS) is 21.4. The first-order valence-corrected chi connectivity index (χ1v) is 9.81. The van der Waals surface area contributed by atoms with Crippen molar-refractivity contribution in [1.29, 1.82) is 10.5 Å². The third kappa shape index (κ3) is 3.39. The molecule has 2 aromatic carbocycles. The van der Waals surface area contributed by atoms with Crippen molar-refractivity contribution >= 4 is 9.73 Å². The largest absolute Gasteiger partial charge is 0.457 e.